The molecule has 0 unspecified atom stereocenters. The molecule has 5 heteroatoms. The summed E-state index contributed by atoms with van der Waals surface area (Å²) in [5.74, 6) is 0. The second-order valence-corrected chi connectivity index (χ2v) is 2.10. The van der Waals surface area contributed by atoms with Crippen LogP contribution in [0, 0.1) is 0 Å². The van der Waals surface area contributed by atoms with Crippen molar-refractivity contribution in [2.24, 2.45) is 0 Å². The Morgan fingerprint density at radius 2 is 1.73 bits per heavy atom. The number of nitrogens with zero attached hydrogens (tertiary/aromatic N) is 2. The van der Waals surface area contributed by atoms with Crippen molar-refractivity contribution in [3.63, 3.8) is 0 Å². The molecule has 0 aromatic heterocycles. The summed E-state index contributed by atoms with van der Waals surface area (Å²) in [5.41, 5.74) is 0. The summed E-state index contributed by atoms with van der Waals surface area (Å²) in [6, 6.07) is 0. The Hall–Kier alpha value is 0.780. The van der Waals surface area contributed by atoms with Gasteiger partial charge in [0, 0.05) is 26.0 Å². The van der Waals surface area contributed by atoms with Crippen LogP contribution in [0.2, 0.25) is 0 Å². The molecule has 2 nitrogen and oxygen atoms in total. The van der Waals surface area contributed by atoms with E-state index in [0.717, 1.165) is 13.2 Å². The molecule has 70 valence electrons. The quantitative estimate of drug-likeness (QED) is 0.713. The Kier molecular flexibility index (Phi) is 14.3. The van der Waals surface area contributed by atoms with Gasteiger partial charge in [0.25, 0.3) is 0 Å². The monoisotopic (exact) mass is 352 g/mol. The predicted molar refractivity (Wildman–Crippen MR) is 65.1 cm³/mol. The van der Waals surface area contributed by atoms with E-state index in [1.165, 1.54) is 0 Å². The average molecular weight is 355 g/mol. The highest BCUT2D eigenvalue weighted by Gasteiger charge is 2.03. The van der Waals surface area contributed by atoms with E-state index in [0.29, 0.717) is 0 Å². The Balaban J connectivity index is -0.000000213. The third-order valence-electron chi connectivity index (χ3n) is 1.34. The average Bonchev–Trinajstić information content (AvgIpc) is 2.14. The molecule has 1 rings (SSSR count). The van der Waals surface area contributed by atoms with Crippen LogP contribution >= 0.6 is 50.9 Å². The van der Waals surface area contributed by atoms with Crippen molar-refractivity contribution in [3.05, 3.63) is 12.4 Å². The Morgan fingerprint density at radius 1 is 1.18 bits per heavy atom. The highest BCUT2D eigenvalue weighted by molar-refractivity contribution is 8.93. The standard InChI is InChI=1S/C6H12N2.3BrH/c1-3-8-5-4-7(2)6-8;;;/h4-5H,3,6H2,1-2H3;3*1H. The van der Waals surface area contributed by atoms with Gasteiger partial charge in [-0.1, -0.05) is 0 Å². The zero-order chi connectivity index (χ0) is 5.98. The lowest BCUT2D eigenvalue weighted by Gasteiger charge is -2.14. The highest BCUT2D eigenvalue weighted by atomic mass is 79.9. The minimum Gasteiger partial charge on any atom is -0.362 e. The van der Waals surface area contributed by atoms with Gasteiger partial charge >= 0.3 is 0 Å². The molecular weight excluding hydrogens is 340 g/mol. The van der Waals surface area contributed by atoms with Crippen molar-refractivity contribution in [3.8, 4) is 0 Å². The fraction of sp³-hybridized carbons (Fsp3) is 0.667. The van der Waals surface area contributed by atoms with E-state index in [1.807, 2.05) is 0 Å². The van der Waals surface area contributed by atoms with Crippen LogP contribution in [0.5, 0.6) is 0 Å². The molecule has 0 N–H and O–H groups in total. The summed E-state index contributed by atoms with van der Waals surface area (Å²) in [6.07, 6.45) is 4.20. The SMILES string of the molecule is Br.Br.Br.CCN1C=CN(C)C1. The largest absolute Gasteiger partial charge is 0.362 e. The fourth-order valence-electron chi connectivity index (χ4n) is 0.794. The van der Waals surface area contributed by atoms with E-state index >= 15 is 0 Å². The van der Waals surface area contributed by atoms with Gasteiger partial charge in [0.15, 0.2) is 0 Å². The normalized spacial score (nSPS) is 13.3. The fourth-order valence-corrected chi connectivity index (χ4v) is 0.794. The number of rotatable bonds is 1. The number of hydrogen-bond acceptors (Lipinski definition) is 2. The second-order valence-electron chi connectivity index (χ2n) is 2.10. The third-order valence-corrected chi connectivity index (χ3v) is 1.34. The van der Waals surface area contributed by atoms with Gasteiger partial charge in [0.2, 0.25) is 0 Å². The van der Waals surface area contributed by atoms with Crippen molar-refractivity contribution < 1.29 is 0 Å². The zero-order valence-electron chi connectivity index (χ0n) is 6.69. The first-order chi connectivity index (χ1) is 3.83. The van der Waals surface area contributed by atoms with E-state index in [1.54, 1.807) is 0 Å². The molecule has 0 radical (unpaired) electrons. The zero-order valence-corrected chi connectivity index (χ0v) is 11.8. The molecule has 11 heavy (non-hydrogen) atoms. The van der Waals surface area contributed by atoms with Crippen LogP contribution in [0.1, 0.15) is 6.92 Å². The minimum atomic E-state index is 0. The van der Waals surface area contributed by atoms with Crippen LogP contribution in [-0.4, -0.2) is 30.1 Å². The van der Waals surface area contributed by atoms with Crippen molar-refractivity contribution in [2.75, 3.05) is 20.3 Å². The van der Waals surface area contributed by atoms with Crippen LogP contribution in [0.25, 0.3) is 0 Å². The minimum absolute atomic E-state index is 0. The van der Waals surface area contributed by atoms with Crippen molar-refractivity contribution in [2.45, 2.75) is 6.92 Å². The maximum Gasteiger partial charge on any atom is 0.0890 e. The third kappa shape index (κ3) is 5.99. The molecule has 0 amide bonds. The lowest BCUT2D eigenvalue weighted by atomic mass is 10.6. The van der Waals surface area contributed by atoms with Gasteiger partial charge < -0.3 is 9.80 Å². The van der Waals surface area contributed by atoms with Gasteiger partial charge in [-0.3, -0.25) is 0 Å². The van der Waals surface area contributed by atoms with Crippen molar-refractivity contribution in [1.29, 1.82) is 0 Å². The lowest BCUT2D eigenvalue weighted by Crippen LogP contribution is -2.21. The summed E-state index contributed by atoms with van der Waals surface area (Å²) in [4.78, 5) is 4.41. The van der Waals surface area contributed by atoms with Crippen LogP contribution in [0.3, 0.4) is 0 Å². The van der Waals surface area contributed by atoms with Crippen LogP contribution in [-0.2, 0) is 0 Å². The molecule has 1 aliphatic heterocycles. The van der Waals surface area contributed by atoms with Gasteiger partial charge in [-0.25, -0.2) is 0 Å². The maximum absolute atomic E-state index is 2.25. The topological polar surface area (TPSA) is 6.48 Å². The lowest BCUT2D eigenvalue weighted by molar-refractivity contribution is 0.308. The van der Waals surface area contributed by atoms with Crippen molar-refractivity contribution >= 4 is 50.9 Å². The molecule has 0 aromatic carbocycles. The van der Waals surface area contributed by atoms with Crippen LogP contribution < -0.4 is 0 Å². The van der Waals surface area contributed by atoms with E-state index in [9.17, 15) is 0 Å². The van der Waals surface area contributed by atoms with E-state index < -0.39 is 0 Å². The van der Waals surface area contributed by atoms with Crippen LogP contribution in [0.4, 0.5) is 0 Å². The number of halogens is 3. The number of hydrogen-bond donors (Lipinski definition) is 0. The van der Waals surface area contributed by atoms with Gasteiger partial charge in [0.1, 0.15) is 0 Å². The molecule has 0 saturated carbocycles. The van der Waals surface area contributed by atoms with Gasteiger partial charge in [-0.05, 0) is 6.92 Å². The summed E-state index contributed by atoms with van der Waals surface area (Å²) >= 11 is 0. The second kappa shape index (κ2) is 8.87. The highest BCUT2D eigenvalue weighted by Crippen LogP contribution is 2.00. The maximum atomic E-state index is 2.25. The first-order valence-corrected chi connectivity index (χ1v) is 2.95. The smallest absolute Gasteiger partial charge is 0.0890 e. The molecule has 0 aliphatic carbocycles. The molecule has 1 aliphatic rings. The molecule has 0 fully saturated rings. The van der Waals surface area contributed by atoms with E-state index in [2.05, 4.69) is 36.2 Å². The van der Waals surface area contributed by atoms with E-state index in [-0.39, 0.29) is 50.9 Å². The molecular formula is C6H15Br3N2. The Morgan fingerprint density at radius 3 is 1.91 bits per heavy atom. The van der Waals surface area contributed by atoms with Gasteiger partial charge in [-0.2, -0.15) is 0 Å². The van der Waals surface area contributed by atoms with Crippen LogP contribution in [0.15, 0.2) is 12.4 Å². The molecule has 0 bridgehead atoms. The van der Waals surface area contributed by atoms with E-state index in [4.69, 9.17) is 0 Å². The van der Waals surface area contributed by atoms with Gasteiger partial charge in [-0.15, -0.1) is 50.9 Å². The molecule has 0 aromatic rings. The summed E-state index contributed by atoms with van der Waals surface area (Å²) < 4.78 is 0. The first-order valence-electron chi connectivity index (χ1n) is 2.95. The van der Waals surface area contributed by atoms with Crippen molar-refractivity contribution in [1.82, 2.24) is 9.80 Å². The summed E-state index contributed by atoms with van der Waals surface area (Å²) in [5, 5.41) is 0. The van der Waals surface area contributed by atoms with Gasteiger partial charge in [0.05, 0.1) is 6.67 Å². The Labute approximate surface area is 99.9 Å². The Bertz CT molecular complexity index is 108. The molecule has 0 spiro atoms. The molecule has 0 atom stereocenters. The summed E-state index contributed by atoms with van der Waals surface area (Å²) in [6.45, 7) is 4.32. The molecule has 1 heterocycles. The molecule has 0 saturated heterocycles. The first kappa shape index (κ1) is 17.8. The predicted octanol–water partition coefficient (Wildman–Crippen LogP) is 2.42. The summed E-state index contributed by atoms with van der Waals surface area (Å²) in [7, 11) is 2.08.